The highest BCUT2D eigenvalue weighted by molar-refractivity contribution is 5.96. The minimum Gasteiger partial charge on any atom is -0.508 e. The molecule has 5 rings (SSSR count). The zero-order valence-corrected chi connectivity index (χ0v) is 20.5. The lowest BCUT2D eigenvalue weighted by Crippen LogP contribution is -2.48. The van der Waals surface area contributed by atoms with Gasteiger partial charge in [-0.05, 0) is 60.9 Å². The van der Waals surface area contributed by atoms with E-state index < -0.39 is 17.8 Å². The molecule has 1 aliphatic carbocycles. The maximum absolute atomic E-state index is 14.0. The summed E-state index contributed by atoms with van der Waals surface area (Å²) in [4.78, 5) is 2.14. The van der Waals surface area contributed by atoms with Crippen LogP contribution in [0.5, 0.6) is 11.5 Å². The van der Waals surface area contributed by atoms with Crippen LogP contribution in [0.3, 0.4) is 0 Å². The molecule has 0 radical (unpaired) electrons. The van der Waals surface area contributed by atoms with Crippen molar-refractivity contribution in [2.75, 3.05) is 32.9 Å². The van der Waals surface area contributed by atoms with E-state index in [-0.39, 0.29) is 29.8 Å². The number of alkyl halides is 4. The average molecular weight is 516 g/mol. The number of phenols is 1. The second-order valence-electron chi connectivity index (χ2n) is 9.79. The third-order valence-electron chi connectivity index (χ3n) is 7.25. The number of nitrogens with zero attached hydrogens (tertiary/aromatic N) is 1. The Kier molecular flexibility index (Phi) is 7.03. The van der Waals surface area contributed by atoms with Crippen LogP contribution < -0.4 is 4.74 Å². The van der Waals surface area contributed by atoms with E-state index >= 15 is 0 Å². The Bertz CT molecular complexity index is 1240. The SMILES string of the molecule is CC1=C(c2ccccc2C(F)(F)F)[C@@H](C2C=CC(OCCN3CC(CF)C3)=CC2)Oc2ccc(O)cc21. The maximum atomic E-state index is 14.0. The molecule has 1 N–H and O–H groups in total. The number of rotatable bonds is 7. The molecule has 2 heterocycles. The van der Waals surface area contributed by atoms with E-state index in [0.29, 0.717) is 41.2 Å². The first kappa shape index (κ1) is 25.4. The van der Waals surface area contributed by atoms with Crippen LogP contribution in [0.4, 0.5) is 17.6 Å². The van der Waals surface area contributed by atoms with E-state index in [1.807, 2.05) is 18.2 Å². The molecule has 3 aliphatic rings. The van der Waals surface area contributed by atoms with Gasteiger partial charge in [-0.15, -0.1) is 0 Å². The first-order valence-electron chi connectivity index (χ1n) is 12.4. The Morgan fingerprint density at radius 2 is 1.89 bits per heavy atom. The minimum absolute atomic E-state index is 0.0179. The van der Waals surface area contributed by atoms with E-state index in [2.05, 4.69) is 4.90 Å². The van der Waals surface area contributed by atoms with Gasteiger partial charge in [0.1, 0.15) is 30.0 Å². The zero-order valence-electron chi connectivity index (χ0n) is 20.5. The van der Waals surface area contributed by atoms with E-state index in [4.69, 9.17) is 9.47 Å². The molecular weight excluding hydrogens is 486 g/mol. The Morgan fingerprint density at radius 1 is 1.11 bits per heavy atom. The molecule has 37 heavy (non-hydrogen) atoms. The number of ether oxygens (including phenoxy) is 2. The lowest BCUT2D eigenvalue weighted by Gasteiger charge is -2.37. The van der Waals surface area contributed by atoms with Gasteiger partial charge in [0.05, 0.1) is 12.2 Å². The van der Waals surface area contributed by atoms with Crippen molar-refractivity contribution < 1.29 is 32.1 Å². The summed E-state index contributed by atoms with van der Waals surface area (Å²) in [6.45, 7) is 4.20. The fraction of sp³-hybridized carbons (Fsp3) is 0.379. The molecule has 0 aromatic heterocycles. The molecule has 8 heteroatoms. The van der Waals surface area contributed by atoms with Crippen LogP contribution >= 0.6 is 0 Å². The molecule has 2 aliphatic heterocycles. The van der Waals surface area contributed by atoms with Crippen LogP contribution in [-0.4, -0.2) is 49.0 Å². The van der Waals surface area contributed by atoms with Crippen molar-refractivity contribution >= 4 is 11.1 Å². The van der Waals surface area contributed by atoms with Crippen molar-refractivity contribution in [2.45, 2.75) is 25.6 Å². The van der Waals surface area contributed by atoms with Crippen molar-refractivity contribution in [2.24, 2.45) is 11.8 Å². The molecule has 2 aromatic carbocycles. The highest BCUT2D eigenvalue weighted by Crippen LogP contribution is 2.47. The van der Waals surface area contributed by atoms with Crippen molar-refractivity contribution in [1.82, 2.24) is 4.90 Å². The zero-order chi connectivity index (χ0) is 26.2. The van der Waals surface area contributed by atoms with Crippen LogP contribution in [0.25, 0.3) is 11.1 Å². The predicted octanol–water partition coefficient (Wildman–Crippen LogP) is 6.48. The van der Waals surface area contributed by atoms with Crippen LogP contribution in [0, 0.1) is 11.8 Å². The highest BCUT2D eigenvalue weighted by Gasteiger charge is 2.39. The number of benzene rings is 2. The van der Waals surface area contributed by atoms with Crippen LogP contribution in [0.1, 0.15) is 30.0 Å². The second-order valence-corrected chi connectivity index (χ2v) is 9.79. The molecule has 0 spiro atoms. The summed E-state index contributed by atoms with van der Waals surface area (Å²) < 4.78 is 66.8. The van der Waals surface area contributed by atoms with Crippen LogP contribution in [0.2, 0.25) is 0 Å². The van der Waals surface area contributed by atoms with Gasteiger partial charge in [-0.3, -0.25) is 9.29 Å². The molecule has 0 bridgehead atoms. The van der Waals surface area contributed by atoms with E-state index in [1.54, 1.807) is 19.1 Å². The van der Waals surface area contributed by atoms with E-state index in [0.717, 1.165) is 25.7 Å². The summed E-state index contributed by atoms with van der Waals surface area (Å²) >= 11 is 0. The van der Waals surface area contributed by atoms with Crippen molar-refractivity contribution in [3.8, 4) is 11.5 Å². The van der Waals surface area contributed by atoms with E-state index in [1.165, 1.54) is 24.3 Å². The predicted molar refractivity (Wildman–Crippen MR) is 134 cm³/mol. The van der Waals surface area contributed by atoms with Gasteiger partial charge in [-0.2, -0.15) is 13.2 Å². The molecular formula is C29H29F4NO3. The topological polar surface area (TPSA) is 41.9 Å². The van der Waals surface area contributed by atoms with Crippen LogP contribution in [-0.2, 0) is 10.9 Å². The van der Waals surface area contributed by atoms with Crippen molar-refractivity contribution in [3.63, 3.8) is 0 Å². The highest BCUT2D eigenvalue weighted by atomic mass is 19.4. The molecule has 1 saturated heterocycles. The van der Waals surface area contributed by atoms with Gasteiger partial charge in [0, 0.05) is 42.6 Å². The van der Waals surface area contributed by atoms with Crippen molar-refractivity contribution in [3.05, 3.63) is 83.1 Å². The Balaban J connectivity index is 1.39. The number of phenolic OH excluding ortho intramolecular Hbond substituents is 1. The molecule has 196 valence electrons. The van der Waals surface area contributed by atoms with Gasteiger partial charge in [0.15, 0.2) is 0 Å². The number of allylic oxidation sites excluding steroid dienone is 3. The number of fused-ring (bicyclic) bond motifs is 1. The lowest BCUT2D eigenvalue weighted by molar-refractivity contribution is -0.137. The van der Waals surface area contributed by atoms with Crippen LogP contribution in [0.15, 0.2) is 66.5 Å². The molecule has 1 fully saturated rings. The Labute approximate surface area is 213 Å². The number of hydrogen-bond acceptors (Lipinski definition) is 4. The largest absolute Gasteiger partial charge is 0.508 e. The minimum atomic E-state index is -4.53. The summed E-state index contributed by atoms with van der Waals surface area (Å²) in [6.07, 6.45) is 1.04. The fourth-order valence-electron chi connectivity index (χ4n) is 5.29. The number of halogens is 4. The quantitative estimate of drug-likeness (QED) is 0.429. The smallest absolute Gasteiger partial charge is 0.416 e. The van der Waals surface area contributed by atoms with Gasteiger partial charge >= 0.3 is 6.18 Å². The standard InChI is InChI=1S/C29H29F4NO3/c1-18-24-14-21(35)8-11-26(24)37-28(27(18)23-4-2-3-5-25(23)29(31,32)33)20-6-9-22(10-7-20)36-13-12-34-16-19(15-30)17-34/h2-6,8-11,14,19-20,28,35H,7,12-13,15-17H2,1H3/t20?,28-/m1/s1. The van der Waals surface area contributed by atoms with Gasteiger partial charge in [-0.1, -0.05) is 24.3 Å². The summed E-state index contributed by atoms with van der Waals surface area (Å²) in [7, 11) is 0. The Hall–Kier alpha value is -3.26. The average Bonchev–Trinajstić information content (AvgIpc) is 2.85. The normalized spacial score (nSPS) is 22.2. The molecule has 2 aromatic rings. The Morgan fingerprint density at radius 3 is 2.59 bits per heavy atom. The van der Waals surface area contributed by atoms with Gasteiger partial charge in [0.2, 0.25) is 0 Å². The summed E-state index contributed by atoms with van der Waals surface area (Å²) in [6, 6.07) is 10.2. The third-order valence-corrected chi connectivity index (χ3v) is 7.25. The first-order chi connectivity index (χ1) is 17.7. The van der Waals surface area contributed by atoms with Gasteiger partial charge < -0.3 is 14.6 Å². The molecule has 1 unspecified atom stereocenters. The molecule has 0 amide bonds. The number of aromatic hydroxyl groups is 1. The number of likely N-dealkylation sites (tertiary alicyclic amines) is 1. The summed E-state index contributed by atoms with van der Waals surface area (Å²) in [5, 5.41) is 10.0. The monoisotopic (exact) mass is 515 g/mol. The summed E-state index contributed by atoms with van der Waals surface area (Å²) in [5.41, 5.74) is 1.02. The molecule has 2 atom stereocenters. The maximum Gasteiger partial charge on any atom is 0.416 e. The molecule has 0 saturated carbocycles. The second kappa shape index (κ2) is 10.2. The fourth-order valence-corrected chi connectivity index (χ4v) is 5.29. The van der Waals surface area contributed by atoms with Gasteiger partial charge in [-0.25, -0.2) is 0 Å². The van der Waals surface area contributed by atoms with Gasteiger partial charge in [0.25, 0.3) is 0 Å². The third kappa shape index (κ3) is 5.25. The molecule has 4 nitrogen and oxygen atoms in total. The summed E-state index contributed by atoms with van der Waals surface area (Å²) in [5.74, 6) is 1.16. The lowest BCUT2D eigenvalue weighted by atomic mass is 9.80. The van der Waals surface area contributed by atoms with E-state index in [9.17, 15) is 22.7 Å². The first-order valence-corrected chi connectivity index (χ1v) is 12.4. The van der Waals surface area contributed by atoms with Crippen molar-refractivity contribution in [1.29, 1.82) is 0 Å². The number of hydrogen-bond donors (Lipinski definition) is 1.